The molecule has 27 heavy (non-hydrogen) atoms. The molecule has 2 aliphatic rings. The number of nitrogens with zero attached hydrogens (tertiary/aromatic N) is 1. The summed E-state index contributed by atoms with van der Waals surface area (Å²) in [4.78, 5) is 26.6. The molecule has 1 aliphatic heterocycles. The van der Waals surface area contributed by atoms with Gasteiger partial charge in [0.2, 0.25) is 11.8 Å². The maximum Gasteiger partial charge on any atom is 0.226 e. The fourth-order valence-electron chi connectivity index (χ4n) is 3.94. The lowest BCUT2D eigenvalue weighted by Crippen LogP contribution is -2.42. The van der Waals surface area contributed by atoms with Crippen LogP contribution in [0.5, 0.6) is 0 Å². The first-order chi connectivity index (χ1) is 13.1. The SMILES string of the molecule is O=C(CCC1CCN(C(=O)C2CC=CCC2)CC1)NCc1ccc(F)cc1. The van der Waals surface area contributed by atoms with Crippen molar-refractivity contribution >= 4 is 11.8 Å². The Labute approximate surface area is 160 Å². The van der Waals surface area contributed by atoms with Gasteiger partial charge < -0.3 is 10.2 Å². The van der Waals surface area contributed by atoms with Gasteiger partial charge in [-0.15, -0.1) is 0 Å². The second-order valence-electron chi connectivity index (χ2n) is 7.69. The smallest absolute Gasteiger partial charge is 0.226 e. The summed E-state index contributed by atoms with van der Waals surface area (Å²) in [5, 5.41) is 2.90. The summed E-state index contributed by atoms with van der Waals surface area (Å²) in [6, 6.07) is 6.18. The van der Waals surface area contributed by atoms with E-state index in [0.29, 0.717) is 24.8 Å². The van der Waals surface area contributed by atoms with Gasteiger partial charge in [-0.1, -0.05) is 24.3 Å². The Morgan fingerprint density at radius 2 is 1.81 bits per heavy atom. The molecule has 1 aromatic rings. The molecule has 5 heteroatoms. The van der Waals surface area contributed by atoms with Crippen molar-refractivity contribution in [3.63, 3.8) is 0 Å². The van der Waals surface area contributed by atoms with Crippen LogP contribution in [-0.4, -0.2) is 29.8 Å². The van der Waals surface area contributed by atoms with Crippen LogP contribution in [0, 0.1) is 17.7 Å². The number of allylic oxidation sites excluding steroid dienone is 2. The molecule has 0 bridgehead atoms. The Morgan fingerprint density at radius 3 is 2.48 bits per heavy atom. The van der Waals surface area contributed by atoms with E-state index >= 15 is 0 Å². The molecule has 1 aromatic carbocycles. The maximum absolute atomic E-state index is 12.9. The number of likely N-dealkylation sites (tertiary alicyclic amines) is 1. The highest BCUT2D eigenvalue weighted by Gasteiger charge is 2.28. The highest BCUT2D eigenvalue weighted by molar-refractivity contribution is 5.79. The number of piperidine rings is 1. The van der Waals surface area contributed by atoms with Crippen LogP contribution in [0.2, 0.25) is 0 Å². The fraction of sp³-hybridized carbons (Fsp3) is 0.545. The molecule has 1 aliphatic carbocycles. The van der Waals surface area contributed by atoms with Crippen molar-refractivity contribution in [3.8, 4) is 0 Å². The molecule has 0 saturated carbocycles. The van der Waals surface area contributed by atoms with Gasteiger partial charge in [-0.05, 0) is 62.1 Å². The normalized spacial score (nSPS) is 20.5. The first-order valence-corrected chi connectivity index (χ1v) is 10.1. The second-order valence-corrected chi connectivity index (χ2v) is 7.69. The number of hydrogen-bond donors (Lipinski definition) is 1. The zero-order valence-electron chi connectivity index (χ0n) is 15.8. The molecule has 0 aromatic heterocycles. The van der Waals surface area contributed by atoms with E-state index in [1.165, 1.54) is 12.1 Å². The number of hydrogen-bond acceptors (Lipinski definition) is 2. The number of nitrogens with one attached hydrogen (secondary N) is 1. The Bertz CT molecular complexity index is 663. The minimum absolute atomic E-state index is 0.0341. The number of amides is 2. The number of benzene rings is 1. The summed E-state index contributed by atoms with van der Waals surface area (Å²) < 4.78 is 12.9. The minimum Gasteiger partial charge on any atom is -0.352 e. The van der Waals surface area contributed by atoms with Crippen molar-refractivity contribution in [3.05, 3.63) is 47.8 Å². The zero-order valence-corrected chi connectivity index (χ0v) is 15.8. The van der Waals surface area contributed by atoms with E-state index in [9.17, 15) is 14.0 Å². The standard InChI is InChI=1S/C22H29FN2O2/c23-20-9-6-18(7-10-20)16-24-21(26)11-8-17-12-14-25(15-13-17)22(27)19-4-2-1-3-5-19/h1-2,6-7,9-10,17,19H,3-5,8,11-16H2,(H,24,26). The van der Waals surface area contributed by atoms with Gasteiger partial charge in [0, 0.05) is 32.0 Å². The maximum atomic E-state index is 12.9. The fourth-order valence-corrected chi connectivity index (χ4v) is 3.94. The largest absolute Gasteiger partial charge is 0.352 e. The van der Waals surface area contributed by atoms with Gasteiger partial charge in [0.15, 0.2) is 0 Å². The van der Waals surface area contributed by atoms with Crippen molar-refractivity contribution in [1.82, 2.24) is 10.2 Å². The molecule has 1 atom stereocenters. The first kappa shape index (κ1) is 19.6. The van der Waals surface area contributed by atoms with Crippen LogP contribution in [0.25, 0.3) is 0 Å². The molecule has 3 rings (SSSR count). The van der Waals surface area contributed by atoms with Gasteiger partial charge >= 0.3 is 0 Å². The van der Waals surface area contributed by atoms with E-state index in [-0.39, 0.29) is 17.6 Å². The molecular weight excluding hydrogens is 343 g/mol. The van der Waals surface area contributed by atoms with Crippen LogP contribution in [0.15, 0.2) is 36.4 Å². The van der Waals surface area contributed by atoms with E-state index in [0.717, 1.165) is 57.2 Å². The number of rotatable bonds is 6. The van der Waals surface area contributed by atoms with Crippen molar-refractivity contribution in [2.75, 3.05) is 13.1 Å². The highest BCUT2D eigenvalue weighted by atomic mass is 19.1. The molecule has 2 amide bonds. The molecule has 146 valence electrons. The van der Waals surface area contributed by atoms with Crippen LogP contribution >= 0.6 is 0 Å². The van der Waals surface area contributed by atoms with Crippen LogP contribution in [0.1, 0.15) is 50.5 Å². The van der Waals surface area contributed by atoms with Gasteiger partial charge in [-0.3, -0.25) is 9.59 Å². The second kappa shape index (κ2) is 9.67. The Kier molecular flexibility index (Phi) is 7.02. The first-order valence-electron chi connectivity index (χ1n) is 10.1. The van der Waals surface area contributed by atoms with Gasteiger partial charge in [-0.25, -0.2) is 4.39 Å². The molecule has 1 heterocycles. The number of carbonyl (C=O) groups excluding carboxylic acids is 2. The predicted molar refractivity (Wildman–Crippen MR) is 103 cm³/mol. The third kappa shape index (κ3) is 5.91. The Hall–Kier alpha value is -2.17. The molecule has 4 nitrogen and oxygen atoms in total. The minimum atomic E-state index is -0.269. The van der Waals surface area contributed by atoms with Gasteiger partial charge in [0.25, 0.3) is 0 Å². The predicted octanol–water partition coefficient (Wildman–Crippen LogP) is 3.82. The summed E-state index contributed by atoms with van der Waals surface area (Å²) in [6.45, 7) is 2.07. The summed E-state index contributed by atoms with van der Waals surface area (Å²) in [5.74, 6) is 0.761. The van der Waals surface area contributed by atoms with E-state index < -0.39 is 0 Å². The van der Waals surface area contributed by atoms with Crippen LogP contribution in [0.3, 0.4) is 0 Å². The van der Waals surface area contributed by atoms with Gasteiger partial charge in [-0.2, -0.15) is 0 Å². The van der Waals surface area contributed by atoms with Crippen molar-refractivity contribution < 1.29 is 14.0 Å². The molecule has 1 saturated heterocycles. The van der Waals surface area contributed by atoms with Crippen molar-refractivity contribution in [1.29, 1.82) is 0 Å². The zero-order chi connectivity index (χ0) is 19.1. The topological polar surface area (TPSA) is 49.4 Å². The van der Waals surface area contributed by atoms with Gasteiger partial charge in [0.1, 0.15) is 5.82 Å². The summed E-state index contributed by atoms with van der Waals surface area (Å²) in [6.07, 6.45) is 10.5. The van der Waals surface area contributed by atoms with Crippen molar-refractivity contribution in [2.45, 2.75) is 51.5 Å². The summed E-state index contributed by atoms with van der Waals surface area (Å²) in [7, 11) is 0. The Morgan fingerprint density at radius 1 is 1.07 bits per heavy atom. The highest BCUT2D eigenvalue weighted by Crippen LogP contribution is 2.26. The molecule has 1 fully saturated rings. The van der Waals surface area contributed by atoms with Crippen LogP contribution < -0.4 is 5.32 Å². The van der Waals surface area contributed by atoms with E-state index in [1.54, 1.807) is 12.1 Å². The third-order valence-corrected chi connectivity index (χ3v) is 5.73. The number of carbonyl (C=O) groups is 2. The van der Waals surface area contributed by atoms with Crippen LogP contribution in [-0.2, 0) is 16.1 Å². The van der Waals surface area contributed by atoms with Crippen molar-refractivity contribution in [2.24, 2.45) is 11.8 Å². The average molecular weight is 372 g/mol. The summed E-state index contributed by atoms with van der Waals surface area (Å²) in [5.41, 5.74) is 0.897. The Balaban J connectivity index is 1.33. The monoisotopic (exact) mass is 372 g/mol. The number of halogens is 1. The molecule has 0 spiro atoms. The van der Waals surface area contributed by atoms with E-state index in [4.69, 9.17) is 0 Å². The lowest BCUT2D eigenvalue weighted by molar-refractivity contribution is -0.137. The quantitative estimate of drug-likeness (QED) is 0.772. The van der Waals surface area contributed by atoms with E-state index in [2.05, 4.69) is 17.5 Å². The summed E-state index contributed by atoms with van der Waals surface area (Å²) >= 11 is 0. The third-order valence-electron chi connectivity index (χ3n) is 5.73. The molecule has 0 radical (unpaired) electrons. The lowest BCUT2D eigenvalue weighted by Gasteiger charge is -2.34. The average Bonchev–Trinajstić information content (AvgIpc) is 2.72. The molecule has 1 N–H and O–H groups in total. The molecular formula is C22H29FN2O2. The van der Waals surface area contributed by atoms with Gasteiger partial charge in [0.05, 0.1) is 0 Å². The van der Waals surface area contributed by atoms with E-state index in [1.807, 2.05) is 4.90 Å². The van der Waals surface area contributed by atoms with Crippen LogP contribution in [0.4, 0.5) is 4.39 Å². The molecule has 1 unspecified atom stereocenters. The lowest BCUT2D eigenvalue weighted by atomic mass is 9.89.